The summed E-state index contributed by atoms with van der Waals surface area (Å²) in [6.07, 6.45) is 1.16. The Balaban J connectivity index is 0.917. The van der Waals surface area contributed by atoms with Gasteiger partial charge in [-0.2, -0.15) is 0 Å². The molecule has 9 rings (SSSR count). The second-order valence-corrected chi connectivity index (χ2v) is 24.2. The fourth-order valence-electron chi connectivity index (χ4n) is 10.8. The summed E-state index contributed by atoms with van der Waals surface area (Å²) in [5.41, 5.74) is 10.2. The monoisotopic (exact) mass is 967 g/mol. The lowest BCUT2D eigenvalue weighted by Gasteiger charge is -2.43. The molecule has 1 atom stereocenters. The van der Waals surface area contributed by atoms with E-state index in [1.54, 1.807) is 0 Å². The summed E-state index contributed by atoms with van der Waals surface area (Å²) in [6, 6.07) is 74.5. The van der Waals surface area contributed by atoms with E-state index < -0.39 is 26.0 Å². The van der Waals surface area contributed by atoms with Gasteiger partial charge < -0.3 is 19.8 Å². The van der Waals surface area contributed by atoms with Gasteiger partial charge in [-0.05, 0) is 110 Å². The zero-order valence-corrected chi connectivity index (χ0v) is 42.8. The number of hydrogen-bond donors (Lipinski definition) is 3. The van der Waals surface area contributed by atoms with Gasteiger partial charge in [0, 0.05) is 11.6 Å². The minimum atomic E-state index is -2.76. The molecule has 0 radical (unpaired) electrons. The van der Waals surface area contributed by atoms with E-state index in [1.165, 1.54) is 21.5 Å². The van der Waals surface area contributed by atoms with Crippen molar-refractivity contribution < 1.29 is 18.8 Å². The van der Waals surface area contributed by atoms with E-state index in [9.17, 15) is 9.59 Å². The van der Waals surface area contributed by atoms with Crippen LogP contribution in [-0.2, 0) is 26.1 Å². The van der Waals surface area contributed by atoms with Crippen LogP contribution in [0.5, 0.6) is 0 Å². The lowest BCUT2D eigenvalue weighted by Crippen LogP contribution is -2.66. The lowest BCUT2D eigenvalue weighted by atomic mass is 9.75. The fraction of sp³-hybridized carbons (Fsp3) is 0.219. The molecule has 8 heteroatoms. The van der Waals surface area contributed by atoms with Crippen LogP contribution in [0, 0.1) is 6.92 Å². The van der Waals surface area contributed by atoms with Gasteiger partial charge in [-0.25, -0.2) is 4.79 Å². The summed E-state index contributed by atoms with van der Waals surface area (Å²) in [4.78, 5) is 28.3. The smallest absolute Gasteiger partial charge is 0.407 e. The van der Waals surface area contributed by atoms with Crippen LogP contribution in [-0.4, -0.2) is 39.5 Å². The van der Waals surface area contributed by atoms with E-state index >= 15 is 0 Å². The van der Waals surface area contributed by atoms with Gasteiger partial charge in [0.15, 0.2) is 0 Å². The Kier molecular flexibility index (Phi) is 15.4. The third-order valence-corrected chi connectivity index (χ3v) is 19.3. The van der Waals surface area contributed by atoms with Crippen molar-refractivity contribution in [2.24, 2.45) is 0 Å². The maximum atomic E-state index is 14.4. The topological polar surface area (TPSA) is 88.7 Å². The number of ether oxygens (including phenoxy) is 1. The van der Waals surface area contributed by atoms with Crippen LogP contribution in [0.25, 0.3) is 11.1 Å². The molecule has 0 heterocycles. The molecule has 0 unspecified atom stereocenters. The Morgan fingerprint density at radius 2 is 1.08 bits per heavy atom. The summed E-state index contributed by atoms with van der Waals surface area (Å²) in [6.45, 7) is 10.2. The first-order chi connectivity index (χ1) is 35.1. The molecule has 3 N–H and O–H groups in total. The molecule has 0 fully saturated rings. The summed E-state index contributed by atoms with van der Waals surface area (Å²) in [5.74, 6) is -0.418. The highest BCUT2D eigenvalue weighted by Gasteiger charge is 2.50. The van der Waals surface area contributed by atoms with E-state index in [0.717, 1.165) is 45.4 Å². The van der Waals surface area contributed by atoms with Gasteiger partial charge in [0.05, 0.1) is 12.1 Å². The molecule has 1 aliphatic rings. The molecule has 1 aliphatic carbocycles. The summed E-state index contributed by atoms with van der Waals surface area (Å²) >= 11 is 0. The summed E-state index contributed by atoms with van der Waals surface area (Å²) in [5, 5.41) is 12.4. The van der Waals surface area contributed by atoms with Crippen LogP contribution in [0.4, 0.5) is 10.5 Å². The average Bonchev–Trinajstić information content (AvgIpc) is 3.73. The van der Waals surface area contributed by atoms with Gasteiger partial charge in [-0.15, -0.1) is 0 Å². The molecule has 8 aromatic carbocycles. The molecular formula is C64H65N3O4Si. The zero-order valence-electron chi connectivity index (χ0n) is 41.8. The van der Waals surface area contributed by atoms with Crippen LogP contribution in [0.3, 0.4) is 0 Å². The van der Waals surface area contributed by atoms with E-state index in [-0.39, 0.29) is 23.5 Å². The number of fused-ring (bicyclic) bond motifs is 3. The highest BCUT2D eigenvalue weighted by atomic mass is 28.4. The van der Waals surface area contributed by atoms with Crippen LogP contribution < -0.4 is 26.3 Å². The first kappa shape index (κ1) is 49.6. The first-order valence-corrected chi connectivity index (χ1v) is 27.2. The van der Waals surface area contributed by atoms with Gasteiger partial charge >= 0.3 is 6.09 Å². The lowest BCUT2D eigenvalue weighted by molar-refractivity contribution is -0.118. The van der Waals surface area contributed by atoms with Crippen molar-refractivity contribution in [1.29, 1.82) is 0 Å². The maximum Gasteiger partial charge on any atom is 0.407 e. The molecule has 72 heavy (non-hydrogen) atoms. The Hall–Kier alpha value is -7.36. The molecular weight excluding hydrogens is 903 g/mol. The number of benzene rings is 8. The van der Waals surface area contributed by atoms with E-state index in [2.05, 4.69) is 201 Å². The minimum absolute atomic E-state index is 0.108. The van der Waals surface area contributed by atoms with Crippen LogP contribution in [0.1, 0.15) is 84.9 Å². The molecule has 0 aliphatic heterocycles. The number of rotatable bonds is 19. The second-order valence-electron chi connectivity index (χ2n) is 19.9. The SMILES string of the molecule is Cc1ccccc1C(NCCCC[C@H](NC(=O)OCC1c2ccccc2-c2ccccc21)C(=O)Nc1ccc(CO[Si](c2ccccc2)(c2ccccc2)C(C)(C)C)cc1)(c1ccccc1)c1ccccc1. The van der Waals surface area contributed by atoms with Crippen molar-refractivity contribution in [3.8, 4) is 11.1 Å². The van der Waals surface area contributed by atoms with Gasteiger partial charge in [-0.3, -0.25) is 10.1 Å². The first-order valence-electron chi connectivity index (χ1n) is 25.3. The number of nitrogens with one attached hydrogen (secondary N) is 3. The van der Waals surface area contributed by atoms with Crippen LogP contribution in [0.2, 0.25) is 5.04 Å². The van der Waals surface area contributed by atoms with Gasteiger partial charge in [-0.1, -0.05) is 227 Å². The number of hydrogen-bond acceptors (Lipinski definition) is 5. The zero-order chi connectivity index (χ0) is 50.0. The molecule has 0 aromatic heterocycles. The van der Waals surface area contributed by atoms with Gasteiger partial charge in [0.1, 0.15) is 12.6 Å². The van der Waals surface area contributed by atoms with Gasteiger partial charge in [0.25, 0.3) is 8.32 Å². The van der Waals surface area contributed by atoms with Crippen molar-refractivity contribution in [2.75, 3.05) is 18.5 Å². The molecule has 0 saturated carbocycles. The molecule has 0 spiro atoms. The normalized spacial score (nSPS) is 12.9. The number of anilines is 1. The molecule has 364 valence electrons. The van der Waals surface area contributed by atoms with Crippen molar-refractivity contribution in [2.45, 2.75) is 76.1 Å². The minimum Gasteiger partial charge on any atom is -0.449 e. The number of carbonyl (C=O) groups is 2. The molecule has 0 bridgehead atoms. The Bertz CT molecular complexity index is 2930. The molecule has 0 saturated heterocycles. The molecule has 7 nitrogen and oxygen atoms in total. The second kappa shape index (κ2) is 22.4. The predicted octanol–water partition coefficient (Wildman–Crippen LogP) is 12.7. The molecule has 8 aromatic rings. The average molecular weight is 968 g/mol. The third kappa shape index (κ3) is 10.5. The van der Waals surface area contributed by atoms with E-state index in [1.807, 2.05) is 60.7 Å². The van der Waals surface area contributed by atoms with Crippen LogP contribution >= 0.6 is 0 Å². The predicted molar refractivity (Wildman–Crippen MR) is 295 cm³/mol. The van der Waals surface area contributed by atoms with Crippen molar-refractivity contribution in [1.82, 2.24) is 10.6 Å². The van der Waals surface area contributed by atoms with E-state index in [0.29, 0.717) is 31.7 Å². The highest BCUT2D eigenvalue weighted by molar-refractivity contribution is 6.99. The number of carbonyl (C=O) groups excluding carboxylic acids is 2. The summed E-state index contributed by atoms with van der Waals surface area (Å²) in [7, 11) is -2.76. The van der Waals surface area contributed by atoms with Crippen molar-refractivity contribution in [3.05, 3.63) is 257 Å². The van der Waals surface area contributed by atoms with E-state index in [4.69, 9.17) is 9.16 Å². The molecule has 2 amide bonds. The third-order valence-electron chi connectivity index (χ3n) is 14.3. The fourth-order valence-corrected chi connectivity index (χ4v) is 15.4. The van der Waals surface area contributed by atoms with Crippen molar-refractivity contribution in [3.63, 3.8) is 0 Å². The quantitative estimate of drug-likeness (QED) is 0.0427. The highest BCUT2D eigenvalue weighted by Crippen LogP contribution is 2.45. The maximum absolute atomic E-state index is 14.4. The number of alkyl carbamates (subject to hydrolysis) is 1. The Morgan fingerprint density at radius 1 is 0.583 bits per heavy atom. The van der Waals surface area contributed by atoms with Gasteiger partial charge in [0.2, 0.25) is 5.91 Å². The van der Waals surface area contributed by atoms with Crippen LogP contribution in [0.15, 0.2) is 218 Å². The van der Waals surface area contributed by atoms with Crippen molar-refractivity contribution >= 4 is 36.4 Å². The Morgan fingerprint density at radius 3 is 1.62 bits per heavy atom. The number of amides is 2. The number of aryl methyl sites for hydroxylation is 1. The Labute approximate surface area is 426 Å². The largest absolute Gasteiger partial charge is 0.449 e. The standard InChI is InChI=1S/C64H65N3O4Si/c1-47-25-17-22-38-59(47)64(49-26-9-5-10-27-49,50-28-11-6-12-29-50)65-44-24-23-39-60(67-62(69)70-46-58-56-36-20-18-34-54(56)55-35-19-21-37-57(55)58)61(68)66-51-42-40-48(41-43-51)45-71-72(63(2,3)4,52-30-13-7-14-31-52)53-32-15-8-16-33-53/h5-22,25-38,40-43,58,60,65H,23-24,39,44-46H2,1-4H3,(H,66,68)(H,67,69)/t60-/m0/s1. The summed E-state index contributed by atoms with van der Waals surface area (Å²) < 4.78 is 13.2. The number of unbranched alkanes of at least 4 members (excludes halogenated alkanes) is 1.